The third-order valence-corrected chi connectivity index (χ3v) is 4.51. The molecule has 0 bridgehead atoms. The molecule has 3 rings (SSSR count). The quantitative estimate of drug-likeness (QED) is 0.771. The van der Waals surface area contributed by atoms with Crippen LogP contribution in [0.4, 0.5) is 5.69 Å². The van der Waals surface area contributed by atoms with Crippen molar-refractivity contribution in [3.05, 3.63) is 64.7 Å². The predicted octanol–water partition coefficient (Wildman–Crippen LogP) is 2.83. The summed E-state index contributed by atoms with van der Waals surface area (Å²) < 4.78 is 0. The van der Waals surface area contributed by atoms with Gasteiger partial charge in [-0.1, -0.05) is 24.3 Å². The molecule has 6 nitrogen and oxygen atoms in total. The van der Waals surface area contributed by atoms with Crippen LogP contribution in [0, 0.1) is 6.92 Å². The molecule has 0 fully saturated rings. The maximum absolute atomic E-state index is 12.7. The van der Waals surface area contributed by atoms with Crippen LogP contribution in [0.25, 0.3) is 0 Å². The Hall–Kier alpha value is -3.15. The van der Waals surface area contributed by atoms with Gasteiger partial charge in [-0.05, 0) is 48.2 Å². The molecule has 1 unspecified atom stereocenters. The van der Waals surface area contributed by atoms with E-state index in [0.29, 0.717) is 18.4 Å². The lowest BCUT2D eigenvalue weighted by molar-refractivity contribution is -0.137. The standard InChI is InChI=1S/C20H20N2O4/c1-12-4-2-3-5-15(12)17(11-19(24)25)22-20(26)14-6-8-16-13(10-14)7-9-18(23)21-16/h2-6,8,10,17H,7,9,11H2,1H3,(H,21,23)(H,22,26)(H,24,25). The van der Waals surface area contributed by atoms with Crippen molar-refractivity contribution < 1.29 is 19.5 Å². The van der Waals surface area contributed by atoms with Gasteiger partial charge in [-0.25, -0.2) is 0 Å². The van der Waals surface area contributed by atoms with E-state index >= 15 is 0 Å². The molecule has 134 valence electrons. The van der Waals surface area contributed by atoms with Crippen molar-refractivity contribution in [2.45, 2.75) is 32.2 Å². The Bertz CT molecular complexity index is 876. The number of carboxylic acids is 1. The second kappa shape index (κ2) is 7.39. The molecule has 1 aliphatic rings. The van der Waals surface area contributed by atoms with E-state index in [-0.39, 0.29) is 18.2 Å². The molecule has 1 heterocycles. The molecule has 0 saturated heterocycles. The molecule has 0 saturated carbocycles. The van der Waals surface area contributed by atoms with Crippen LogP contribution in [-0.2, 0) is 16.0 Å². The lowest BCUT2D eigenvalue weighted by Gasteiger charge is -2.21. The van der Waals surface area contributed by atoms with Gasteiger partial charge in [-0.2, -0.15) is 0 Å². The Morgan fingerprint density at radius 2 is 1.96 bits per heavy atom. The summed E-state index contributed by atoms with van der Waals surface area (Å²) in [6, 6.07) is 11.9. The van der Waals surface area contributed by atoms with Gasteiger partial charge in [0.1, 0.15) is 0 Å². The number of rotatable bonds is 5. The number of hydrogen-bond donors (Lipinski definition) is 3. The van der Waals surface area contributed by atoms with Gasteiger partial charge in [-0.3, -0.25) is 14.4 Å². The first-order valence-electron chi connectivity index (χ1n) is 8.45. The van der Waals surface area contributed by atoms with E-state index in [0.717, 1.165) is 22.4 Å². The molecule has 2 amide bonds. The number of aliphatic carboxylic acids is 1. The fourth-order valence-electron chi connectivity index (χ4n) is 3.16. The first kappa shape index (κ1) is 17.7. The number of aryl methyl sites for hydroxylation is 2. The lowest BCUT2D eigenvalue weighted by Crippen LogP contribution is -2.31. The first-order chi connectivity index (χ1) is 12.4. The average Bonchev–Trinajstić information content (AvgIpc) is 2.60. The molecule has 2 aromatic carbocycles. The molecule has 0 aromatic heterocycles. The van der Waals surface area contributed by atoms with Crippen LogP contribution in [-0.4, -0.2) is 22.9 Å². The molecule has 0 spiro atoms. The maximum atomic E-state index is 12.7. The van der Waals surface area contributed by atoms with Gasteiger partial charge in [0.05, 0.1) is 12.5 Å². The molecule has 6 heteroatoms. The summed E-state index contributed by atoms with van der Waals surface area (Å²) in [6.07, 6.45) is 0.777. The average molecular weight is 352 g/mol. The van der Waals surface area contributed by atoms with Crippen LogP contribution in [0.5, 0.6) is 0 Å². The van der Waals surface area contributed by atoms with Crippen LogP contribution in [0.15, 0.2) is 42.5 Å². The van der Waals surface area contributed by atoms with Crippen molar-refractivity contribution in [3.8, 4) is 0 Å². The summed E-state index contributed by atoms with van der Waals surface area (Å²) >= 11 is 0. The van der Waals surface area contributed by atoms with Crippen molar-refractivity contribution in [2.24, 2.45) is 0 Å². The fourth-order valence-corrected chi connectivity index (χ4v) is 3.16. The molecule has 1 atom stereocenters. The fraction of sp³-hybridized carbons (Fsp3) is 0.250. The van der Waals surface area contributed by atoms with E-state index in [1.807, 2.05) is 31.2 Å². The topological polar surface area (TPSA) is 95.5 Å². The summed E-state index contributed by atoms with van der Waals surface area (Å²) in [4.78, 5) is 35.4. The Morgan fingerprint density at radius 3 is 2.69 bits per heavy atom. The Labute approximate surface area is 151 Å². The number of nitrogens with one attached hydrogen (secondary N) is 2. The molecular formula is C20H20N2O4. The van der Waals surface area contributed by atoms with Crippen molar-refractivity contribution in [3.63, 3.8) is 0 Å². The van der Waals surface area contributed by atoms with E-state index in [1.165, 1.54) is 0 Å². The lowest BCUT2D eigenvalue weighted by atomic mass is 9.97. The molecule has 0 radical (unpaired) electrons. The molecule has 0 aliphatic carbocycles. The van der Waals surface area contributed by atoms with E-state index in [1.54, 1.807) is 18.2 Å². The van der Waals surface area contributed by atoms with Crippen LogP contribution >= 0.6 is 0 Å². The number of hydrogen-bond acceptors (Lipinski definition) is 3. The van der Waals surface area contributed by atoms with Gasteiger partial charge in [0.25, 0.3) is 5.91 Å². The zero-order valence-corrected chi connectivity index (χ0v) is 14.4. The zero-order valence-electron chi connectivity index (χ0n) is 14.4. The maximum Gasteiger partial charge on any atom is 0.305 e. The van der Waals surface area contributed by atoms with E-state index in [9.17, 15) is 19.5 Å². The van der Waals surface area contributed by atoms with Gasteiger partial charge in [0.2, 0.25) is 5.91 Å². The number of carbonyl (C=O) groups excluding carboxylic acids is 2. The van der Waals surface area contributed by atoms with Gasteiger partial charge in [-0.15, -0.1) is 0 Å². The second-order valence-electron chi connectivity index (χ2n) is 6.40. The summed E-state index contributed by atoms with van der Waals surface area (Å²) in [5, 5.41) is 14.8. The minimum Gasteiger partial charge on any atom is -0.481 e. The largest absolute Gasteiger partial charge is 0.481 e. The number of benzene rings is 2. The highest BCUT2D eigenvalue weighted by Crippen LogP contribution is 2.25. The summed E-state index contributed by atoms with van der Waals surface area (Å²) in [6.45, 7) is 1.89. The molecular weight excluding hydrogens is 332 g/mol. The molecule has 2 aromatic rings. The number of anilines is 1. The zero-order chi connectivity index (χ0) is 18.7. The summed E-state index contributed by atoms with van der Waals surface area (Å²) in [5.74, 6) is -1.35. The van der Waals surface area contributed by atoms with E-state index < -0.39 is 12.0 Å². The van der Waals surface area contributed by atoms with Crippen molar-refractivity contribution in [2.75, 3.05) is 5.32 Å². The van der Waals surface area contributed by atoms with Crippen molar-refractivity contribution >= 4 is 23.5 Å². The van der Waals surface area contributed by atoms with Gasteiger partial charge in [0.15, 0.2) is 0 Å². The number of carboxylic acid groups (broad SMARTS) is 1. The van der Waals surface area contributed by atoms with Gasteiger partial charge >= 0.3 is 5.97 Å². The second-order valence-corrected chi connectivity index (χ2v) is 6.40. The third-order valence-electron chi connectivity index (χ3n) is 4.51. The SMILES string of the molecule is Cc1ccccc1C(CC(=O)O)NC(=O)c1ccc2c(c1)CCC(=O)N2. The Kier molecular flexibility index (Phi) is 5.02. The highest BCUT2D eigenvalue weighted by molar-refractivity contribution is 5.98. The van der Waals surface area contributed by atoms with Crippen LogP contribution in [0.1, 0.15) is 45.9 Å². The molecule has 26 heavy (non-hydrogen) atoms. The predicted molar refractivity (Wildman–Crippen MR) is 97.0 cm³/mol. The van der Waals surface area contributed by atoms with Crippen molar-refractivity contribution in [1.29, 1.82) is 0 Å². The van der Waals surface area contributed by atoms with Gasteiger partial charge in [0, 0.05) is 17.7 Å². The number of amides is 2. The van der Waals surface area contributed by atoms with E-state index in [2.05, 4.69) is 10.6 Å². The van der Waals surface area contributed by atoms with Gasteiger partial charge < -0.3 is 15.7 Å². The molecule has 3 N–H and O–H groups in total. The summed E-state index contributed by atoms with van der Waals surface area (Å²) in [7, 11) is 0. The highest BCUT2D eigenvalue weighted by atomic mass is 16.4. The molecule has 1 aliphatic heterocycles. The number of fused-ring (bicyclic) bond motifs is 1. The van der Waals surface area contributed by atoms with E-state index in [4.69, 9.17) is 0 Å². The first-order valence-corrected chi connectivity index (χ1v) is 8.45. The van der Waals surface area contributed by atoms with Crippen LogP contribution in [0.2, 0.25) is 0 Å². The highest BCUT2D eigenvalue weighted by Gasteiger charge is 2.22. The monoisotopic (exact) mass is 352 g/mol. The minimum absolute atomic E-state index is 0.0317. The van der Waals surface area contributed by atoms with Crippen LogP contribution < -0.4 is 10.6 Å². The Balaban J connectivity index is 1.83. The summed E-state index contributed by atoms with van der Waals surface area (Å²) in [5.41, 5.74) is 3.78. The minimum atomic E-state index is -0.980. The van der Waals surface area contributed by atoms with Crippen molar-refractivity contribution in [1.82, 2.24) is 5.32 Å². The smallest absolute Gasteiger partial charge is 0.305 e. The van der Waals surface area contributed by atoms with Crippen LogP contribution in [0.3, 0.4) is 0 Å². The normalized spacial score (nSPS) is 14.1. The third kappa shape index (κ3) is 3.91. The number of carbonyl (C=O) groups is 3. The Morgan fingerprint density at radius 1 is 1.19 bits per heavy atom.